The average molecular weight is 242 g/mol. The third-order valence-electron chi connectivity index (χ3n) is 2.52. The number of aromatic nitrogens is 2. The number of hydrogen-bond acceptors (Lipinski definition) is 5. The lowest BCUT2D eigenvalue weighted by molar-refractivity contribution is -0.149. The molecule has 0 N–H and O–H groups in total. The van der Waals surface area contributed by atoms with E-state index in [-0.39, 0.29) is 5.97 Å². The zero-order chi connectivity index (χ0) is 12.8. The van der Waals surface area contributed by atoms with Crippen molar-refractivity contribution in [2.75, 3.05) is 21.3 Å². The Hall–Kier alpha value is -1.40. The van der Waals surface area contributed by atoms with Crippen molar-refractivity contribution in [3.05, 3.63) is 18.2 Å². The molecule has 1 rings (SSSR count). The summed E-state index contributed by atoms with van der Waals surface area (Å²) in [7, 11) is 6.25. The molecule has 0 spiro atoms. The van der Waals surface area contributed by atoms with Crippen molar-refractivity contribution >= 4 is 5.97 Å². The molecule has 0 saturated heterocycles. The van der Waals surface area contributed by atoms with E-state index in [2.05, 4.69) is 4.98 Å². The normalized spacial score (nSPS) is 12.8. The lowest BCUT2D eigenvalue weighted by atomic mass is 10.0. The predicted octanol–water partition coefficient (Wildman–Crippen LogP) is 0.686. The number of rotatable bonds is 6. The van der Waals surface area contributed by atoms with Gasteiger partial charge in [0.25, 0.3) is 0 Å². The summed E-state index contributed by atoms with van der Waals surface area (Å²) in [5.41, 5.74) is 0.651. The number of ether oxygens (including phenoxy) is 3. The zero-order valence-electron chi connectivity index (χ0n) is 10.5. The van der Waals surface area contributed by atoms with Crippen molar-refractivity contribution in [3.8, 4) is 0 Å². The molecule has 0 saturated carbocycles. The van der Waals surface area contributed by atoms with Gasteiger partial charge in [-0.25, -0.2) is 4.98 Å². The predicted molar refractivity (Wildman–Crippen MR) is 60.4 cm³/mol. The molecule has 17 heavy (non-hydrogen) atoms. The summed E-state index contributed by atoms with van der Waals surface area (Å²) in [6.45, 7) is 0. The quantitative estimate of drug-likeness (QED) is 0.542. The van der Waals surface area contributed by atoms with Crippen LogP contribution in [-0.2, 0) is 26.1 Å². The van der Waals surface area contributed by atoms with E-state index >= 15 is 0 Å². The van der Waals surface area contributed by atoms with Gasteiger partial charge in [-0.05, 0) is 0 Å². The van der Waals surface area contributed by atoms with Crippen LogP contribution in [0.25, 0.3) is 0 Å². The lowest BCUT2D eigenvalue weighted by Crippen LogP contribution is -2.23. The number of aryl methyl sites for hydroxylation is 1. The number of nitrogens with zero attached hydrogens (tertiary/aromatic N) is 2. The fraction of sp³-hybridized carbons (Fsp3) is 0.636. The van der Waals surface area contributed by atoms with Gasteiger partial charge in [0.2, 0.25) is 0 Å². The number of imidazole rings is 1. The summed E-state index contributed by atoms with van der Waals surface area (Å²) in [6.07, 6.45) is 3.33. The molecule has 0 aliphatic rings. The van der Waals surface area contributed by atoms with E-state index in [9.17, 15) is 4.79 Å². The second-order valence-electron chi connectivity index (χ2n) is 3.68. The summed E-state index contributed by atoms with van der Waals surface area (Å²) in [6, 6.07) is 0. The average Bonchev–Trinajstić information content (AvgIpc) is 2.76. The largest absolute Gasteiger partial charge is 0.469 e. The Bertz CT molecular complexity index is 360. The zero-order valence-corrected chi connectivity index (χ0v) is 10.5. The molecule has 1 aromatic heterocycles. The van der Waals surface area contributed by atoms with Crippen LogP contribution >= 0.6 is 0 Å². The van der Waals surface area contributed by atoms with Gasteiger partial charge in [-0.3, -0.25) is 4.79 Å². The first kappa shape index (κ1) is 13.7. The molecule has 1 atom stereocenters. The monoisotopic (exact) mass is 242 g/mol. The highest BCUT2D eigenvalue weighted by molar-refractivity contribution is 5.77. The maximum atomic E-state index is 11.7. The van der Waals surface area contributed by atoms with Gasteiger partial charge in [-0.1, -0.05) is 0 Å². The molecule has 1 unspecified atom stereocenters. The Morgan fingerprint density at radius 3 is 2.47 bits per heavy atom. The van der Waals surface area contributed by atoms with E-state index in [0.717, 1.165) is 0 Å². The van der Waals surface area contributed by atoms with Crippen LogP contribution in [0.2, 0.25) is 0 Å². The van der Waals surface area contributed by atoms with Crippen LogP contribution in [0.5, 0.6) is 0 Å². The van der Waals surface area contributed by atoms with E-state index in [1.54, 1.807) is 17.1 Å². The van der Waals surface area contributed by atoms with Gasteiger partial charge in [0.15, 0.2) is 6.29 Å². The Morgan fingerprint density at radius 1 is 1.41 bits per heavy atom. The number of carbonyl (C=O) groups is 1. The van der Waals surface area contributed by atoms with Gasteiger partial charge in [0.1, 0.15) is 5.92 Å². The van der Waals surface area contributed by atoms with Crippen LogP contribution in [0.15, 0.2) is 12.5 Å². The summed E-state index contributed by atoms with van der Waals surface area (Å²) >= 11 is 0. The SMILES string of the molecule is COC(=O)C(CC(OC)OC)c1cn(C)cn1. The highest BCUT2D eigenvalue weighted by atomic mass is 16.7. The van der Waals surface area contributed by atoms with Crippen LogP contribution in [0.1, 0.15) is 18.0 Å². The fourth-order valence-electron chi connectivity index (χ4n) is 1.57. The molecule has 0 amide bonds. The molecule has 6 heteroatoms. The maximum absolute atomic E-state index is 11.7. The molecule has 1 heterocycles. The topological polar surface area (TPSA) is 62.6 Å². The highest BCUT2D eigenvalue weighted by Crippen LogP contribution is 2.22. The molecule has 0 aliphatic heterocycles. The smallest absolute Gasteiger partial charge is 0.315 e. The van der Waals surface area contributed by atoms with Gasteiger partial charge in [-0.15, -0.1) is 0 Å². The van der Waals surface area contributed by atoms with Crippen molar-refractivity contribution < 1.29 is 19.0 Å². The van der Waals surface area contributed by atoms with Gasteiger partial charge in [0, 0.05) is 33.9 Å². The summed E-state index contributed by atoms with van der Waals surface area (Å²) in [5, 5.41) is 0. The highest BCUT2D eigenvalue weighted by Gasteiger charge is 2.27. The first-order valence-corrected chi connectivity index (χ1v) is 5.23. The second kappa shape index (κ2) is 6.36. The summed E-state index contributed by atoms with van der Waals surface area (Å²) in [5.74, 6) is -0.825. The molecule has 0 bridgehead atoms. The number of esters is 1. The minimum atomic E-state index is -0.480. The van der Waals surface area contributed by atoms with E-state index < -0.39 is 12.2 Å². The summed E-state index contributed by atoms with van der Waals surface area (Å²) < 4.78 is 16.7. The molecule has 96 valence electrons. The molecular weight excluding hydrogens is 224 g/mol. The van der Waals surface area contributed by atoms with E-state index in [1.807, 2.05) is 7.05 Å². The van der Waals surface area contributed by atoms with E-state index in [0.29, 0.717) is 12.1 Å². The van der Waals surface area contributed by atoms with Gasteiger partial charge >= 0.3 is 5.97 Å². The molecule has 0 radical (unpaired) electrons. The number of hydrogen-bond donors (Lipinski definition) is 0. The van der Waals surface area contributed by atoms with Crippen molar-refractivity contribution in [3.63, 3.8) is 0 Å². The third-order valence-corrected chi connectivity index (χ3v) is 2.52. The Morgan fingerprint density at radius 2 is 2.06 bits per heavy atom. The number of carbonyl (C=O) groups excluding carboxylic acids is 1. The number of methoxy groups -OCH3 is 3. The van der Waals surface area contributed by atoms with Crippen molar-refractivity contribution in [1.82, 2.24) is 9.55 Å². The molecule has 6 nitrogen and oxygen atoms in total. The second-order valence-corrected chi connectivity index (χ2v) is 3.68. The van der Waals surface area contributed by atoms with Crippen molar-refractivity contribution in [2.24, 2.45) is 7.05 Å². The molecular formula is C11H18N2O4. The molecule has 0 aromatic carbocycles. The lowest BCUT2D eigenvalue weighted by Gasteiger charge is -2.18. The Kier molecular flexibility index (Phi) is 5.11. The van der Waals surface area contributed by atoms with Gasteiger partial charge in [-0.2, -0.15) is 0 Å². The molecule has 0 aliphatic carbocycles. The van der Waals surface area contributed by atoms with Gasteiger partial charge < -0.3 is 18.8 Å². The minimum Gasteiger partial charge on any atom is -0.469 e. The van der Waals surface area contributed by atoms with Crippen molar-refractivity contribution in [1.29, 1.82) is 0 Å². The standard InChI is InChI=1S/C11H18N2O4/c1-13-6-9(12-7-13)8(11(14)17-4)5-10(15-2)16-3/h6-8,10H,5H2,1-4H3. The first-order chi connectivity index (χ1) is 8.12. The Labute approximate surface area is 100 Å². The van der Waals surface area contributed by atoms with Crippen LogP contribution < -0.4 is 0 Å². The van der Waals surface area contributed by atoms with Crippen LogP contribution in [-0.4, -0.2) is 43.1 Å². The first-order valence-electron chi connectivity index (χ1n) is 5.23. The van der Waals surface area contributed by atoms with E-state index in [4.69, 9.17) is 14.2 Å². The minimum absolute atomic E-state index is 0.345. The third kappa shape index (κ3) is 3.54. The molecule has 1 aromatic rings. The van der Waals surface area contributed by atoms with Crippen LogP contribution in [0.3, 0.4) is 0 Å². The van der Waals surface area contributed by atoms with Gasteiger partial charge in [0.05, 0.1) is 19.1 Å². The van der Waals surface area contributed by atoms with Crippen LogP contribution in [0.4, 0.5) is 0 Å². The maximum Gasteiger partial charge on any atom is 0.315 e. The summed E-state index contributed by atoms with van der Waals surface area (Å²) in [4.78, 5) is 15.9. The van der Waals surface area contributed by atoms with Crippen LogP contribution in [0, 0.1) is 0 Å². The van der Waals surface area contributed by atoms with E-state index in [1.165, 1.54) is 21.3 Å². The fourth-order valence-corrected chi connectivity index (χ4v) is 1.57. The Balaban J connectivity index is 2.84. The molecule has 0 fully saturated rings. The van der Waals surface area contributed by atoms with Crippen molar-refractivity contribution in [2.45, 2.75) is 18.6 Å².